The fraction of sp³-hybridized carbons (Fsp3) is 0.316. The number of benzene rings is 2. The number of nitrogens with one attached hydrogen (secondary N) is 1. The van der Waals surface area contributed by atoms with E-state index >= 15 is 0 Å². The Balaban J connectivity index is 1.77. The van der Waals surface area contributed by atoms with Gasteiger partial charge in [0.05, 0.1) is 18.5 Å². The zero-order valence-corrected chi connectivity index (χ0v) is 17.3. The van der Waals surface area contributed by atoms with Gasteiger partial charge in [-0.2, -0.15) is 0 Å². The van der Waals surface area contributed by atoms with E-state index in [1.165, 1.54) is 6.07 Å². The number of carbonyl (C=O) groups excluding carboxylic acids is 1. The molecule has 0 aromatic heterocycles. The van der Waals surface area contributed by atoms with Crippen LogP contribution in [0.25, 0.3) is 0 Å². The first-order chi connectivity index (χ1) is 13.7. The molecule has 0 radical (unpaired) electrons. The summed E-state index contributed by atoms with van der Waals surface area (Å²) >= 11 is 5.78. The van der Waals surface area contributed by atoms with Gasteiger partial charge in [0.15, 0.2) is 11.6 Å². The van der Waals surface area contributed by atoms with Crippen LogP contribution >= 0.6 is 11.6 Å². The van der Waals surface area contributed by atoms with Gasteiger partial charge >= 0.3 is 0 Å². The van der Waals surface area contributed by atoms with Crippen molar-refractivity contribution in [3.05, 3.63) is 59.1 Å². The zero-order chi connectivity index (χ0) is 21.4. The molecule has 0 saturated carbocycles. The first-order valence-corrected chi connectivity index (χ1v) is 11.0. The van der Waals surface area contributed by atoms with Crippen molar-refractivity contribution >= 4 is 33.2 Å². The maximum atomic E-state index is 13.4. The molecule has 1 N–H and O–H groups in total. The molecule has 158 valence electrons. The summed E-state index contributed by atoms with van der Waals surface area (Å²) < 4.78 is 56.8. The van der Waals surface area contributed by atoms with Crippen LogP contribution in [0.15, 0.2) is 42.5 Å². The number of carbonyl (C=O) groups is 1. The third-order valence-corrected chi connectivity index (χ3v) is 5.31. The van der Waals surface area contributed by atoms with E-state index in [1.54, 1.807) is 24.3 Å². The van der Waals surface area contributed by atoms with Gasteiger partial charge in [0.2, 0.25) is 15.9 Å². The van der Waals surface area contributed by atoms with Gasteiger partial charge in [-0.05, 0) is 42.8 Å². The molecule has 0 spiro atoms. The van der Waals surface area contributed by atoms with E-state index in [0.717, 1.165) is 22.7 Å². The molecule has 0 saturated heterocycles. The van der Waals surface area contributed by atoms with Gasteiger partial charge in [-0.1, -0.05) is 11.6 Å². The van der Waals surface area contributed by atoms with Gasteiger partial charge < -0.3 is 10.1 Å². The summed E-state index contributed by atoms with van der Waals surface area (Å²) in [6.07, 6.45) is 1.23. The van der Waals surface area contributed by atoms with Crippen molar-refractivity contribution in [1.82, 2.24) is 5.32 Å². The lowest BCUT2D eigenvalue weighted by atomic mass is 10.2. The lowest BCUT2D eigenvalue weighted by Gasteiger charge is -2.22. The van der Waals surface area contributed by atoms with Crippen LogP contribution in [0.4, 0.5) is 14.5 Å². The Labute approximate surface area is 173 Å². The molecule has 2 rings (SSSR count). The molecule has 0 unspecified atom stereocenters. The summed E-state index contributed by atoms with van der Waals surface area (Å²) in [6, 6.07) is 9.64. The van der Waals surface area contributed by atoms with Crippen LogP contribution in [0.3, 0.4) is 0 Å². The second-order valence-corrected chi connectivity index (χ2v) is 8.53. The fourth-order valence-electron chi connectivity index (χ4n) is 2.49. The molecule has 0 aliphatic heterocycles. The van der Waals surface area contributed by atoms with Gasteiger partial charge in [0.25, 0.3) is 0 Å². The molecule has 0 heterocycles. The highest BCUT2D eigenvalue weighted by Gasteiger charge is 2.19. The Bertz CT molecular complexity index is 940. The van der Waals surface area contributed by atoms with Crippen LogP contribution in [0, 0.1) is 11.6 Å². The summed E-state index contributed by atoms with van der Waals surface area (Å²) in [5, 5.41) is 3.26. The van der Waals surface area contributed by atoms with Crippen LogP contribution in [0.5, 0.6) is 5.75 Å². The van der Waals surface area contributed by atoms with Gasteiger partial charge in [-0.15, -0.1) is 0 Å². The number of ether oxygens (including phenoxy) is 1. The number of anilines is 1. The molecule has 10 heteroatoms. The average Bonchev–Trinajstić information content (AvgIpc) is 2.65. The van der Waals surface area contributed by atoms with Crippen molar-refractivity contribution in [2.24, 2.45) is 0 Å². The minimum atomic E-state index is -3.72. The van der Waals surface area contributed by atoms with Crippen molar-refractivity contribution in [1.29, 1.82) is 0 Å². The molecule has 0 fully saturated rings. The van der Waals surface area contributed by atoms with Crippen LogP contribution in [-0.2, 0) is 14.8 Å². The standard InChI is InChI=1S/C19H21ClF2N2O4S/c1-29(26,27)24(15-6-9-17(21)18(22)13-15)11-2-3-19(25)23-10-12-28-16-7-4-14(20)5-8-16/h4-9,13H,2-3,10-12H2,1H3,(H,23,25). The minimum absolute atomic E-state index is 0.00294. The molecular formula is C19H21ClF2N2O4S. The zero-order valence-electron chi connectivity index (χ0n) is 15.7. The second kappa shape index (κ2) is 10.4. The summed E-state index contributed by atoms with van der Waals surface area (Å²) in [4.78, 5) is 11.9. The topological polar surface area (TPSA) is 75.7 Å². The van der Waals surface area contributed by atoms with E-state index in [4.69, 9.17) is 16.3 Å². The van der Waals surface area contributed by atoms with Crippen molar-refractivity contribution in [3.8, 4) is 5.75 Å². The number of hydrogen-bond acceptors (Lipinski definition) is 4. The van der Waals surface area contributed by atoms with Gasteiger partial charge in [-0.25, -0.2) is 17.2 Å². The van der Waals surface area contributed by atoms with Crippen molar-refractivity contribution in [2.45, 2.75) is 12.8 Å². The quantitative estimate of drug-likeness (QED) is 0.568. The Morgan fingerprint density at radius 3 is 2.45 bits per heavy atom. The maximum absolute atomic E-state index is 13.4. The predicted octanol–water partition coefficient (Wildman–Crippen LogP) is 3.36. The molecule has 0 bridgehead atoms. The SMILES string of the molecule is CS(=O)(=O)N(CCCC(=O)NCCOc1ccc(Cl)cc1)c1ccc(F)c(F)c1. The van der Waals surface area contributed by atoms with Gasteiger partial charge in [0, 0.05) is 24.1 Å². The van der Waals surface area contributed by atoms with Crippen molar-refractivity contribution in [3.63, 3.8) is 0 Å². The number of sulfonamides is 1. The maximum Gasteiger partial charge on any atom is 0.232 e. The van der Waals surface area contributed by atoms with Gasteiger partial charge in [-0.3, -0.25) is 9.10 Å². The number of halogens is 3. The Kier molecular flexibility index (Phi) is 8.21. The van der Waals surface area contributed by atoms with E-state index in [0.29, 0.717) is 10.8 Å². The second-order valence-electron chi connectivity index (χ2n) is 6.19. The molecule has 0 aliphatic carbocycles. The van der Waals surface area contributed by atoms with Crippen molar-refractivity contribution < 1.29 is 26.7 Å². The Morgan fingerprint density at radius 1 is 1.14 bits per heavy atom. The van der Waals surface area contributed by atoms with E-state index in [-0.39, 0.29) is 44.1 Å². The largest absolute Gasteiger partial charge is 0.492 e. The highest BCUT2D eigenvalue weighted by Crippen LogP contribution is 2.21. The molecule has 29 heavy (non-hydrogen) atoms. The van der Waals surface area contributed by atoms with Crippen LogP contribution in [-0.4, -0.2) is 40.3 Å². The smallest absolute Gasteiger partial charge is 0.232 e. The molecule has 0 atom stereocenters. The third kappa shape index (κ3) is 7.51. The van der Waals surface area contributed by atoms with E-state index < -0.39 is 21.7 Å². The summed E-state index contributed by atoms with van der Waals surface area (Å²) in [7, 11) is -3.72. The Morgan fingerprint density at radius 2 is 1.83 bits per heavy atom. The lowest BCUT2D eigenvalue weighted by molar-refractivity contribution is -0.121. The summed E-state index contributed by atoms with van der Waals surface area (Å²) in [6.45, 7) is 0.497. The fourth-order valence-corrected chi connectivity index (χ4v) is 3.57. The van der Waals surface area contributed by atoms with E-state index in [9.17, 15) is 22.0 Å². The Hall–Kier alpha value is -2.39. The highest BCUT2D eigenvalue weighted by atomic mass is 35.5. The minimum Gasteiger partial charge on any atom is -0.492 e. The molecular weight excluding hydrogens is 426 g/mol. The predicted molar refractivity (Wildman–Crippen MR) is 108 cm³/mol. The molecule has 0 aliphatic rings. The molecule has 1 amide bonds. The first-order valence-electron chi connectivity index (χ1n) is 8.74. The summed E-state index contributed by atoms with van der Waals surface area (Å²) in [5.41, 5.74) is 0.00294. The molecule has 2 aromatic carbocycles. The average molecular weight is 447 g/mol. The number of nitrogens with zero attached hydrogens (tertiary/aromatic N) is 1. The number of amides is 1. The summed E-state index contributed by atoms with van der Waals surface area (Å²) in [5.74, 6) is -1.86. The normalized spacial score (nSPS) is 11.2. The van der Waals surface area contributed by atoms with Crippen molar-refractivity contribution in [2.75, 3.05) is 30.3 Å². The number of hydrogen-bond donors (Lipinski definition) is 1. The highest BCUT2D eigenvalue weighted by molar-refractivity contribution is 7.92. The molecule has 6 nitrogen and oxygen atoms in total. The van der Waals surface area contributed by atoms with Crippen LogP contribution < -0.4 is 14.4 Å². The number of rotatable bonds is 10. The van der Waals surface area contributed by atoms with E-state index in [2.05, 4.69) is 5.32 Å². The molecule has 2 aromatic rings. The van der Waals surface area contributed by atoms with Gasteiger partial charge in [0.1, 0.15) is 12.4 Å². The van der Waals surface area contributed by atoms with E-state index in [1.807, 2.05) is 0 Å². The first kappa shape index (κ1) is 22.9. The monoisotopic (exact) mass is 446 g/mol. The lowest BCUT2D eigenvalue weighted by Crippen LogP contribution is -2.33. The van der Waals surface area contributed by atoms with Crippen LogP contribution in [0.1, 0.15) is 12.8 Å². The van der Waals surface area contributed by atoms with Crippen LogP contribution in [0.2, 0.25) is 5.02 Å². The third-order valence-electron chi connectivity index (χ3n) is 3.86.